The van der Waals surface area contributed by atoms with Gasteiger partial charge < -0.3 is 15.0 Å². The topological polar surface area (TPSA) is 67.0 Å². The van der Waals surface area contributed by atoms with Crippen LogP contribution < -0.4 is 10.1 Å². The molecule has 0 aliphatic carbocycles. The molecule has 6 heteroatoms. The molecule has 0 radical (unpaired) electrons. The van der Waals surface area contributed by atoms with Crippen molar-refractivity contribution < 1.29 is 13.9 Å². The van der Waals surface area contributed by atoms with E-state index in [4.69, 9.17) is 4.74 Å². The number of methoxy groups -OCH3 is 1. The Morgan fingerprint density at radius 1 is 1.29 bits per heavy atom. The fraction of sp³-hybridized carbons (Fsp3) is 0.0667. The van der Waals surface area contributed by atoms with Crippen molar-refractivity contribution in [2.75, 3.05) is 12.4 Å². The van der Waals surface area contributed by atoms with Crippen molar-refractivity contribution in [3.05, 3.63) is 54.0 Å². The number of amides is 1. The number of hydrogen-bond acceptors (Lipinski definition) is 3. The van der Waals surface area contributed by atoms with Crippen LogP contribution in [0.4, 0.5) is 10.1 Å². The third-order valence-electron chi connectivity index (χ3n) is 3.07. The molecule has 0 aliphatic heterocycles. The van der Waals surface area contributed by atoms with Gasteiger partial charge in [0.1, 0.15) is 11.3 Å². The molecule has 2 aromatic heterocycles. The average Bonchev–Trinajstić information content (AvgIpc) is 2.92. The summed E-state index contributed by atoms with van der Waals surface area (Å²) in [7, 11) is 1.50. The number of para-hydroxylation sites is 1. The number of hydrogen-bond donors (Lipinski definition) is 2. The zero-order valence-electron chi connectivity index (χ0n) is 11.2. The number of pyridine rings is 1. The van der Waals surface area contributed by atoms with Gasteiger partial charge in [-0.1, -0.05) is 12.1 Å². The Morgan fingerprint density at radius 2 is 2.10 bits per heavy atom. The molecule has 3 rings (SSSR count). The maximum atomic E-state index is 13.6. The molecule has 0 saturated heterocycles. The number of benzene rings is 1. The molecule has 2 N–H and O–H groups in total. The number of anilines is 1. The molecule has 3 aromatic rings. The molecule has 2 heterocycles. The Hall–Kier alpha value is -2.89. The predicted octanol–water partition coefficient (Wildman–Crippen LogP) is 2.96. The minimum atomic E-state index is -0.490. The number of carbonyl (C=O) groups excluding carboxylic acids is 1. The summed E-state index contributed by atoms with van der Waals surface area (Å²) in [5.74, 6) is -0.523. The van der Waals surface area contributed by atoms with Crippen LogP contribution in [-0.2, 0) is 0 Å². The molecular formula is C15H12FN3O2. The zero-order chi connectivity index (χ0) is 14.8. The molecule has 5 nitrogen and oxygen atoms in total. The lowest BCUT2D eigenvalue weighted by molar-refractivity contribution is 0.102. The van der Waals surface area contributed by atoms with Crippen LogP contribution in [0.2, 0.25) is 0 Å². The van der Waals surface area contributed by atoms with Gasteiger partial charge in [0.15, 0.2) is 0 Å². The quantitative estimate of drug-likeness (QED) is 0.777. The first-order valence-electron chi connectivity index (χ1n) is 6.27. The minimum absolute atomic E-state index is 0.125. The number of aromatic amines is 1. The standard InChI is InChI=1S/C15H12FN3O2/c1-21-13-7-6-12-14(19-13)9(8-17-12)15(20)18-11-5-3-2-4-10(11)16/h2-8,17H,1H3,(H,18,20). The fourth-order valence-corrected chi connectivity index (χ4v) is 2.02. The zero-order valence-corrected chi connectivity index (χ0v) is 11.2. The van der Waals surface area contributed by atoms with Crippen molar-refractivity contribution in [2.45, 2.75) is 0 Å². The van der Waals surface area contributed by atoms with Crippen LogP contribution in [-0.4, -0.2) is 23.0 Å². The van der Waals surface area contributed by atoms with Crippen LogP contribution in [0, 0.1) is 5.82 Å². The normalized spacial score (nSPS) is 10.6. The number of halogens is 1. The van der Waals surface area contributed by atoms with E-state index in [1.165, 1.54) is 25.4 Å². The first-order valence-corrected chi connectivity index (χ1v) is 6.27. The molecule has 0 atom stereocenters. The maximum Gasteiger partial charge on any atom is 0.259 e. The van der Waals surface area contributed by atoms with Crippen LogP contribution >= 0.6 is 0 Å². The average molecular weight is 285 g/mol. The van der Waals surface area contributed by atoms with Gasteiger partial charge in [-0.3, -0.25) is 4.79 Å². The van der Waals surface area contributed by atoms with Crippen molar-refractivity contribution >= 4 is 22.6 Å². The second-order valence-electron chi connectivity index (χ2n) is 4.39. The summed E-state index contributed by atoms with van der Waals surface area (Å²) in [5.41, 5.74) is 1.63. The van der Waals surface area contributed by atoms with Gasteiger partial charge in [0.2, 0.25) is 5.88 Å². The van der Waals surface area contributed by atoms with Gasteiger partial charge in [0, 0.05) is 12.3 Å². The second kappa shape index (κ2) is 5.24. The Kier molecular flexibility index (Phi) is 3.27. The van der Waals surface area contributed by atoms with E-state index in [-0.39, 0.29) is 5.69 Å². The van der Waals surface area contributed by atoms with Gasteiger partial charge in [-0.25, -0.2) is 9.37 Å². The second-order valence-corrected chi connectivity index (χ2v) is 4.39. The van der Waals surface area contributed by atoms with E-state index >= 15 is 0 Å². The lowest BCUT2D eigenvalue weighted by Crippen LogP contribution is -2.12. The van der Waals surface area contributed by atoms with Crippen molar-refractivity contribution in [3.63, 3.8) is 0 Å². The maximum absolute atomic E-state index is 13.6. The lowest BCUT2D eigenvalue weighted by atomic mass is 10.2. The molecule has 106 valence electrons. The number of H-pyrrole nitrogens is 1. The Morgan fingerprint density at radius 3 is 2.86 bits per heavy atom. The number of carbonyl (C=O) groups is 1. The number of ether oxygens (including phenoxy) is 1. The van der Waals surface area contributed by atoms with Gasteiger partial charge in [0.25, 0.3) is 5.91 Å². The molecule has 0 spiro atoms. The highest BCUT2D eigenvalue weighted by Crippen LogP contribution is 2.21. The van der Waals surface area contributed by atoms with Crippen molar-refractivity contribution in [2.24, 2.45) is 0 Å². The first kappa shape index (κ1) is 13.1. The third-order valence-corrected chi connectivity index (χ3v) is 3.07. The largest absolute Gasteiger partial charge is 0.481 e. The van der Waals surface area contributed by atoms with E-state index in [2.05, 4.69) is 15.3 Å². The molecule has 0 aliphatic rings. The number of nitrogens with zero attached hydrogens (tertiary/aromatic N) is 1. The summed E-state index contributed by atoms with van der Waals surface area (Å²) in [6.07, 6.45) is 1.54. The number of aromatic nitrogens is 2. The first-order chi connectivity index (χ1) is 10.2. The fourth-order valence-electron chi connectivity index (χ4n) is 2.02. The van der Waals surface area contributed by atoms with E-state index < -0.39 is 11.7 Å². The molecule has 0 unspecified atom stereocenters. The van der Waals surface area contributed by atoms with Crippen molar-refractivity contribution in [3.8, 4) is 5.88 Å². The molecule has 0 bridgehead atoms. The van der Waals surface area contributed by atoms with E-state index in [1.54, 1.807) is 24.3 Å². The van der Waals surface area contributed by atoms with Crippen LogP contribution in [0.1, 0.15) is 10.4 Å². The van der Waals surface area contributed by atoms with E-state index in [0.29, 0.717) is 22.5 Å². The summed E-state index contributed by atoms with van der Waals surface area (Å²) in [5, 5.41) is 2.53. The smallest absolute Gasteiger partial charge is 0.259 e. The summed E-state index contributed by atoms with van der Waals surface area (Å²) < 4.78 is 18.6. The highest BCUT2D eigenvalue weighted by Gasteiger charge is 2.15. The predicted molar refractivity (Wildman–Crippen MR) is 77.0 cm³/mol. The Bertz CT molecular complexity index is 814. The van der Waals surface area contributed by atoms with E-state index in [9.17, 15) is 9.18 Å². The molecule has 1 aromatic carbocycles. The van der Waals surface area contributed by atoms with Crippen LogP contribution in [0.5, 0.6) is 5.88 Å². The summed E-state index contributed by atoms with van der Waals surface area (Å²) in [6.45, 7) is 0. The van der Waals surface area contributed by atoms with Gasteiger partial charge >= 0.3 is 0 Å². The van der Waals surface area contributed by atoms with Gasteiger partial charge in [-0.2, -0.15) is 0 Å². The summed E-state index contributed by atoms with van der Waals surface area (Å²) in [4.78, 5) is 19.4. The molecule has 21 heavy (non-hydrogen) atoms. The summed E-state index contributed by atoms with van der Waals surface area (Å²) in [6, 6.07) is 9.44. The van der Waals surface area contributed by atoms with Crippen LogP contribution in [0.15, 0.2) is 42.6 Å². The lowest BCUT2D eigenvalue weighted by Gasteiger charge is -2.05. The van der Waals surface area contributed by atoms with Crippen LogP contribution in [0.3, 0.4) is 0 Å². The van der Waals surface area contributed by atoms with Gasteiger partial charge in [-0.05, 0) is 18.2 Å². The molecule has 0 fully saturated rings. The number of fused-ring (bicyclic) bond motifs is 1. The minimum Gasteiger partial charge on any atom is -0.481 e. The number of nitrogens with one attached hydrogen (secondary N) is 2. The van der Waals surface area contributed by atoms with E-state index in [1.807, 2.05) is 0 Å². The van der Waals surface area contributed by atoms with Crippen molar-refractivity contribution in [1.82, 2.24) is 9.97 Å². The Balaban J connectivity index is 1.96. The monoisotopic (exact) mass is 285 g/mol. The van der Waals surface area contributed by atoms with Gasteiger partial charge in [-0.15, -0.1) is 0 Å². The highest BCUT2D eigenvalue weighted by atomic mass is 19.1. The molecule has 0 saturated carbocycles. The third kappa shape index (κ3) is 2.43. The van der Waals surface area contributed by atoms with Crippen molar-refractivity contribution in [1.29, 1.82) is 0 Å². The summed E-state index contributed by atoms with van der Waals surface area (Å²) >= 11 is 0. The van der Waals surface area contributed by atoms with Crippen LogP contribution in [0.25, 0.3) is 11.0 Å². The van der Waals surface area contributed by atoms with E-state index in [0.717, 1.165) is 0 Å². The molecule has 1 amide bonds. The van der Waals surface area contributed by atoms with Gasteiger partial charge in [0.05, 0.1) is 23.9 Å². The number of rotatable bonds is 3. The Labute approximate surface area is 119 Å². The molecular weight excluding hydrogens is 273 g/mol. The highest BCUT2D eigenvalue weighted by molar-refractivity contribution is 6.11. The SMILES string of the molecule is COc1ccc2[nH]cc(C(=O)Nc3ccccc3F)c2n1.